The van der Waals surface area contributed by atoms with E-state index in [9.17, 15) is 13.6 Å². The monoisotopic (exact) mass is 398 g/mol. The van der Waals surface area contributed by atoms with Gasteiger partial charge in [0.05, 0.1) is 5.75 Å². The van der Waals surface area contributed by atoms with Gasteiger partial charge >= 0.3 is 0 Å². The van der Waals surface area contributed by atoms with Crippen LogP contribution in [0, 0.1) is 17.6 Å². The second-order valence-electron chi connectivity index (χ2n) is 6.18. The Kier molecular flexibility index (Phi) is 7.43. The van der Waals surface area contributed by atoms with Crippen molar-refractivity contribution in [1.82, 2.24) is 4.90 Å². The van der Waals surface area contributed by atoms with Crippen molar-refractivity contribution in [2.24, 2.45) is 11.7 Å². The molecule has 2 atom stereocenters. The molecule has 1 saturated heterocycles. The number of amides is 1. The zero-order chi connectivity index (χ0) is 17.8. The minimum atomic E-state index is -0.897. The minimum Gasteiger partial charge on any atom is -0.341 e. The molecule has 0 saturated carbocycles. The van der Waals surface area contributed by atoms with Crippen LogP contribution in [0.3, 0.4) is 0 Å². The molecule has 3 rings (SSSR count). The first-order valence-corrected chi connectivity index (χ1v) is 9.17. The van der Waals surface area contributed by atoms with Crippen molar-refractivity contribution < 1.29 is 13.6 Å². The smallest absolute Gasteiger partial charge is 0.232 e. The second-order valence-corrected chi connectivity index (χ2v) is 7.23. The van der Waals surface area contributed by atoms with Crippen molar-refractivity contribution in [1.29, 1.82) is 0 Å². The lowest BCUT2D eigenvalue weighted by atomic mass is 9.89. The Morgan fingerprint density at radius 3 is 2.50 bits per heavy atom. The van der Waals surface area contributed by atoms with Gasteiger partial charge in [0.2, 0.25) is 5.91 Å². The zero-order valence-electron chi connectivity index (χ0n) is 14.1. The van der Waals surface area contributed by atoms with E-state index in [1.54, 1.807) is 0 Å². The van der Waals surface area contributed by atoms with Crippen LogP contribution in [0.4, 0.5) is 8.78 Å². The van der Waals surface area contributed by atoms with E-state index in [1.807, 2.05) is 23.1 Å². The van der Waals surface area contributed by atoms with Crippen LogP contribution >= 0.6 is 24.2 Å². The van der Waals surface area contributed by atoms with Gasteiger partial charge in [-0.3, -0.25) is 4.79 Å². The molecule has 1 fully saturated rings. The molecular formula is C19H21ClF2N2OS. The van der Waals surface area contributed by atoms with E-state index in [0.717, 1.165) is 12.1 Å². The van der Waals surface area contributed by atoms with Crippen molar-refractivity contribution >= 4 is 30.1 Å². The van der Waals surface area contributed by atoms with Crippen LogP contribution in [-0.2, 0) is 4.79 Å². The van der Waals surface area contributed by atoms with E-state index in [1.165, 1.54) is 23.4 Å². The summed E-state index contributed by atoms with van der Waals surface area (Å²) in [4.78, 5) is 14.9. The summed E-state index contributed by atoms with van der Waals surface area (Å²) >= 11 is 1.21. The number of nitrogens with zero attached hydrogens (tertiary/aromatic N) is 1. The number of likely N-dealkylation sites (tertiary alicyclic amines) is 1. The van der Waals surface area contributed by atoms with E-state index in [2.05, 4.69) is 12.1 Å². The number of rotatable bonds is 5. The molecule has 2 aromatic carbocycles. The normalized spacial score (nSPS) is 19.3. The molecule has 2 aromatic rings. The van der Waals surface area contributed by atoms with Gasteiger partial charge in [0, 0.05) is 23.9 Å². The minimum absolute atomic E-state index is 0. The summed E-state index contributed by atoms with van der Waals surface area (Å²) in [6.45, 7) is 1.80. The Morgan fingerprint density at radius 1 is 1.12 bits per heavy atom. The summed E-state index contributed by atoms with van der Waals surface area (Å²) in [6, 6.07) is 13.8. The number of hydrogen-bond acceptors (Lipinski definition) is 3. The molecule has 1 amide bonds. The van der Waals surface area contributed by atoms with Crippen LogP contribution < -0.4 is 5.73 Å². The lowest BCUT2D eigenvalue weighted by Crippen LogP contribution is -2.31. The average Bonchev–Trinajstić information content (AvgIpc) is 3.08. The van der Waals surface area contributed by atoms with Crippen molar-refractivity contribution in [3.05, 3.63) is 65.7 Å². The molecular weight excluding hydrogens is 378 g/mol. The van der Waals surface area contributed by atoms with Crippen LogP contribution in [0.2, 0.25) is 0 Å². The highest BCUT2D eigenvalue weighted by Gasteiger charge is 2.35. The summed E-state index contributed by atoms with van der Waals surface area (Å²) in [5.74, 6) is -1.11. The zero-order valence-corrected chi connectivity index (χ0v) is 15.7. The second kappa shape index (κ2) is 9.35. The van der Waals surface area contributed by atoms with Gasteiger partial charge in [-0.1, -0.05) is 30.3 Å². The van der Waals surface area contributed by atoms with Crippen LogP contribution in [0.5, 0.6) is 0 Å². The molecule has 0 radical (unpaired) electrons. The fraction of sp³-hybridized carbons (Fsp3) is 0.316. The van der Waals surface area contributed by atoms with E-state index in [-0.39, 0.29) is 35.9 Å². The quantitative estimate of drug-likeness (QED) is 0.781. The molecule has 140 valence electrons. The topological polar surface area (TPSA) is 46.3 Å². The molecule has 0 spiro atoms. The molecule has 26 heavy (non-hydrogen) atoms. The molecule has 1 heterocycles. The maximum absolute atomic E-state index is 13.2. The number of thioether (sulfide) groups is 1. The summed E-state index contributed by atoms with van der Waals surface area (Å²) in [5, 5.41) is 0. The lowest BCUT2D eigenvalue weighted by molar-refractivity contribution is -0.127. The largest absolute Gasteiger partial charge is 0.341 e. The number of hydrogen-bond donors (Lipinski definition) is 1. The van der Waals surface area contributed by atoms with Gasteiger partial charge in [0.1, 0.15) is 0 Å². The Hall–Kier alpha value is -1.63. The summed E-state index contributed by atoms with van der Waals surface area (Å²) < 4.78 is 26.2. The molecule has 0 unspecified atom stereocenters. The Bertz CT molecular complexity index is 748. The average molecular weight is 399 g/mol. The van der Waals surface area contributed by atoms with E-state index >= 15 is 0 Å². The Morgan fingerprint density at radius 2 is 1.85 bits per heavy atom. The van der Waals surface area contributed by atoms with Crippen molar-refractivity contribution in [3.63, 3.8) is 0 Å². The number of carbonyl (C=O) groups excluding carboxylic acids is 1. The molecule has 0 aromatic heterocycles. The van der Waals surface area contributed by atoms with Gasteiger partial charge in [-0.2, -0.15) is 0 Å². The third-order valence-corrected chi connectivity index (χ3v) is 5.56. The van der Waals surface area contributed by atoms with Gasteiger partial charge in [0.25, 0.3) is 0 Å². The van der Waals surface area contributed by atoms with Gasteiger partial charge in [0.15, 0.2) is 11.6 Å². The van der Waals surface area contributed by atoms with Gasteiger partial charge in [-0.15, -0.1) is 24.2 Å². The van der Waals surface area contributed by atoms with Crippen LogP contribution in [0.15, 0.2) is 53.4 Å². The van der Waals surface area contributed by atoms with Gasteiger partial charge in [-0.25, -0.2) is 8.78 Å². The van der Waals surface area contributed by atoms with Crippen LogP contribution in [0.1, 0.15) is 11.5 Å². The number of halogens is 3. The fourth-order valence-corrected chi connectivity index (χ4v) is 4.02. The van der Waals surface area contributed by atoms with E-state index in [0.29, 0.717) is 24.5 Å². The van der Waals surface area contributed by atoms with Crippen molar-refractivity contribution in [3.8, 4) is 0 Å². The highest BCUT2D eigenvalue weighted by atomic mass is 35.5. The van der Waals surface area contributed by atoms with Crippen LogP contribution in [-0.4, -0.2) is 36.2 Å². The fourth-order valence-electron chi connectivity index (χ4n) is 3.19. The third kappa shape index (κ3) is 4.75. The first kappa shape index (κ1) is 20.7. The lowest BCUT2D eigenvalue weighted by Gasteiger charge is -2.16. The molecule has 3 nitrogen and oxygen atoms in total. The van der Waals surface area contributed by atoms with E-state index in [4.69, 9.17) is 5.73 Å². The maximum Gasteiger partial charge on any atom is 0.232 e. The van der Waals surface area contributed by atoms with Crippen molar-refractivity contribution in [2.45, 2.75) is 10.8 Å². The highest BCUT2D eigenvalue weighted by molar-refractivity contribution is 8.00. The molecule has 0 bridgehead atoms. The molecule has 7 heteroatoms. The molecule has 1 aliphatic rings. The molecule has 2 N–H and O–H groups in total. The predicted molar refractivity (Wildman–Crippen MR) is 103 cm³/mol. The summed E-state index contributed by atoms with van der Waals surface area (Å²) in [7, 11) is 0. The predicted octanol–water partition coefficient (Wildman–Crippen LogP) is 3.68. The standard InChI is InChI=1S/C19H20F2N2OS.ClH/c20-17-7-6-15(8-18(17)21)25-12-19(24)23-10-14(9-22)16(11-23)13-4-2-1-3-5-13;/h1-8,14,16H,9-12,22H2;1H/t14-,16+;/m1./s1. The SMILES string of the molecule is Cl.NC[C@@H]1CN(C(=O)CSc2ccc(F)c(F)c2)C[C@H]1c1ccccc1. The van der Waals surface area contributed by atoms with Gasteiger partial charge in [-0.05, 0) is 36.2 Å². The molecule has 0 aliphatic carbocycles. The Labute approximate surface area is 162 Å². The molecule has 1 aliphatic heterocycles. The maximum atomic E-state index is 13.2. The third-order valence-electron chi connectivity index (χ3n) is 4.58. The first-order valence-electron chi connectivity index (χ1n) is 8.19. The number of nitrogens with two attached hydrogens (primary N) is 1. The number of carbonyl (C=O) groups is 1. The summed E-state index contributed by atoms with van der Waals surface area (Å²) in [5.41, 5.74) is 7.10. The van der Waals surface area contributed by atoms with E-state index < -0.39 is 11.6 Å². The van der Waals surface area contributed by atoms with Gasteiger partial charge < -0.3 is 10.6 Å². The van der Waals surface area contributed by atoms with Crippen LogP contribution in [0.25, 0.3) is 0 Å². The first-order chi connectivity index (χ1) is 12.1. The van der Waals surface area contributed by atoms with Crippen molar-refractivity contribution in [2.75, 3.05) is 25.4 Å². The Balaban J connectivity index is 0.00000243. The summed E-state index contributed by atoms with van der Waals surface area (Å²) in [6.07, 6.45) is 0. The number of benzene rings is 2. The highest BCUT2D eigenvalue weighted by Crippen LogP contribution is 2.32.